The van der Waals surface area contributed by atoms with Crippen LogP contribution in [0.4, 0.5) is 0 Å². The number of carbonyl (C=O) groups excluding carboxylic acids is 1. The van der Waals surface area contributed by atoms with Gasteiger partial charge in [-0.25, -0.2) is 0 Å². The van der Waals surface area contributed by atoms with Crippen molar-refractivity contribution in [3.63, 3.8) is 0 Å². The lowest BCUT2D eigenvalue weighted by molar-refractivity contribution is -0.112. The number of benzene rings is 1. The van der Waals surface area contributed by atoms with Crippen molar-refractivity contribution >= 4 is 14.5 Å². The van der Waals surface area contributed by atoms with E-state index in [1.54, 1.807) is 18.4 Å². The molecule has 8 heteroatoms. The molecule has 2 fully saturated rings. The monoisotopic (exact) mass is 531 g/mol. The summed E-state index contributed by atoms with van der Waals surface area (Å²) in [7, 11) is 0.575. The van der Waals surface area contributed by atoms with Gasteiger partial charge < -0.3 is 16.2 Å². The van der Waals surface area contributed by atoms with Crippen LogP contribution in [0.5, 0.6) is 0 Å². The van der Waals surface area contributed by atoms with Crippen LogP contribution in [0.1, 0.15) is 55.6 Å². The average Bonchev–Trinajstić information content (AvgIpc) is 3.48. The normalized spacial score (nSPS) is 25.3. The number of nitriles is 1. The van der Waals surface area contributed by atoms with E-state index in [0.29, 0.717) is 36.9 Å². The lowest BCUT2D eigenvalue weighted by Crippen LogP contribution is -2.46. The topological polar surface area (TPSA) is 114 Å². The van der Waals surface area contributed by atoms with E-state index in [4.69, 9.17) is 11.0 Å². The molecule has 4 rings (SSSR count). The van der Waals surface area contributed by atoms with Gasteiger partial charge in [-0.15, -0.1) is 0 Å². The Labute approximate surface area is 227 Å². The van der Waals surface area contributed by atoms with Crippen LogP contribution in [0.25, 0.3) is 0 Å². The van der Waals surface area contributed by atoms with Crippen LogP contribution in [0.2, 0.25) is 0 Å². The molecule has 0 bridgehead atoms. The zero-order valence-electron chi connectivity index (χ0n) is 21.8. The summed E-state index contributed by atoms with van der Waals surface area (Å²) in [6.45, 7) is 6.42. The molecule has 1 aromatic rings. The number of nitrogens with zero attached hydrogens (tertiary/aromatic N) is 2. The second kappa shape index (κ2) is 13.7. The van der Waals surface area contributed by atoms with Gasteiger partial charge in [-0.05, 0) is 107 Å². The Hall–Kier alpha value is -3.01. The van der Waals surface area contributed by atoms with Crippen LogP contribution in [0.15, 0.2) is 84.0 Å². The smallest absolute Gasteiger partial charge is 0.188 e. The Balaban J connectivity index is 1.29. The highest BCUT2D eigenvalue weighted by Crippen LogP contribution is 2.39. The Kier molecular flexibility index (Phi) is 10.1. The number of hydrogen-bond donors (Lipinski definition) is 4. The van der Waals surface area contributed by atoms with Gasteiger partial charge >= 0.3 is 0 Å². The quantitative estimate of drug-likeness (QED) is 0.154. The van der Waals surface area contributed by atoms with Crippen LogP contribution in [0, 0.1) is 17.2 Å². The minimum atomic E-state index is -0.975. The molecule has 1 saturated heterocycles. The number of aliphatic hydroxyl groups is 1. The largest absolute Gasteiger partial charge is 0.404 e. The summed E-state index contributed by atoms with van der Waals surface area (Å²) in [6.07, 6.45) is 13.5. The van der Waals surface area contributed by atoms with Crippen LogP contribution in [-0.2, 0) is 4.79 Å². The first-order chi connectivity index (χ1) is 18.5. The number of rotatable bonds is 10. The predicted octanol–water partition coefficient (Wildman–Crippen LogP) is 4.28. The maximum Gasteiger partial charge on any atom is 0.188 e. The molecule has 38 heavy (non-hydrogen) atoms. The molecular weight excluding hydrogens is 493 g/mol. The molecule has 0 amide bonds. The fraction of sp³-hybridized carbons (Fsp3) is 0.400. The summed E-state index contributed by atoms with van der Waals surface area (Å²) in [4.78, 5) is 13.3. The van der Waals surface area contributed by atoms with Crippen molar-refractivity contribution in [2.45, 2.75) is 56.8 Å². The van der Waals surface area contributed by atoms with E-state index in [1.165, 1.54) is 24.6 Å². The fourth-order valence-electron chi connectivity index (χ4n) is 5.34. The van der Waals surface area contributed by atoms with Gasteiger partial charge in [0.15, 0.2) is 5.78 Å². The molecule has 3 aliphatic rings. The maximum absolute atomic E-state index is 13.3. The van der Waals surface area contributed by atoms with Gasteiger partial charge in [0.05, 0.1) is 17.8 Å². The number of hydrogen-bond acceptors (Lipinski definition) is 7. The number of nitrogens with one attached hydrogen (secondary N) is 2. The third-order valence-electron chi connectivity index (χ3n) is 7.65. The molecule has 0 aromatic heterocycles. The summed E-state index contributed by atoms with van der Waals surface area (Å²) in [5.74, 6) is 2.61. The predicted molar refractivity (Wildman–Crippen MR) is 154 cm³/mol. The van der Waals surface area contributed by atoms with E-state index in [9.17, 15) is 9.90 Å². The van der Waals surface area contributed by atoms with Gasteiger partial charge in [0, 0.05) is 30.4 Å². The average molecular weight is 532 g/mol. The van der Waals surface area contributed by atoms with Crippen LogP contribution < -0.4 is 16.4 Å². The molecule has 5 N–H and O–H groups in total. The molecule has 1 aromatic carbocycles. The fourth-order valence-corrected chi connectivity index (χ4v) is 6.39. The summed E-state index contributed by atoms with van der Waals surface area (Å²) in [5, 5.41) is 26.0. The number of ketones is 1. The van der Waals surface area contributed by atoms with Crippen molar-refractivity contribution in [1.29, 1.82) is 5.26 Å². The number of aliphatic hydroxyl groups excluding tert-OH is 1. The zero-order valence-corrected chi connectivity index (χ0v) is 22.8. The van der Waals surface area contributed by atoms with Crippen molar-refractivity contribution in [1.82, 2.24) is 15.3 Å². The highest BCUT2D eigenvalue weighted by molar-refractivity contribution is 7.39. The minimum Gasteiger partial charge on any atom is -0.404 e. The van der Waals surface area contributed by atoms with Crippen molar-refractivity contribution in [3.8, 4) is 6.07 Å². The first kappa shape index (κ1) is 28.0. The second-order valence-corrected chi connectivity index (χ2v) is 11.4. The minimum absolute atomic E-state index is 0.0489. The lowest BCUT2D eigenvalue weighted by atomic mass is 9.75. The molecule has 1 saturated carbocycles. The van der Waals surface area contributed by atoms with Crippen LogP contribution in [-0.4, -0.2) is 41.0 Å². The van der Waals surface area contributed by atoms with Gasteiger partial charge in [0.2, 0.25) is 0 Å². The molecule has 3 atom stereocenters. The summed E-state index contributed by atoms with van der Waals surface area (Å²) >= 11 is 0. The Morgan fingerprint density at radius 2 is 1.95 bits per heavy atom. The maximum atomic E-state index is 13.3. The summed E-state index contributed by atoms with van der Waals surface area (Å²) in [6, 6.07) is 10.0. The van der Waals surface area contributed by atoms with E-state index in [2.05, 4.69) is 28.0 Å². The SMILES string of the molecule is C=C(C(=O)C1=CC(NC(O)C(/C=C\PN2CCCC2)=C/N)NC=C1)C1CCC(c2ccc(C#N)cc2)CC1. The first-order valence-electron chi connectivity index (χ1n) is 13.4. The van der Waals surface area contributed by atoms with Crippen LogP contribution >= 0.6 is 8.73 Å². The Morgan fingerprint density at radius 1 is 1.24 bits per heavy atom. The molecule has 0 spiro atoms. The number of dihydropyridines is 1. The molecule has 1 aliphatic carbocycles. The number of carbonyl (C=O) groups is 1. The first-order valence-corrected chi connectivity index (χ1v) is 14.4. The number of Topliss-reactive ketones (excluding diaryl/α,β-unsaturated/α-hetero) is 1. The standard InChI is InChI=1S/C30H38N5O2P/c1-21(23-8-10-25(11-9-23)24-6-4-22(19-31)5-7-24)29(36)26-12-14-33-28(18-26)34-30(37)27(20-32)13-17-38-35-15-2-3-16-35/h4-7,12-14,17-18,20,23,25,28,30,33-34,37-38H,1-3,8-11,15-16,32H2/b17-13-,27-20+. The molecule has 2 aliphatic heterocycles. The van der Waals surface area contributed by atoms with E-state index in [1.807, 2.05) is 36.2 Å². The molecular formula is C30H38N5O2P. The van der Waals surface area contributed by atoms with Gasteiger partial charge in [0.1, 0.15) is 6.23 Å². The molecule has 2 heterocycles. The van der Waals surface area contributed by atoms with Crippen LogP contribution in [0.3, 0.4) is 0 Å². The summed E-state index contributed by atoms with van der Waals surface area (Å²) < 4.78 is 2.39. The van der Waals surface area contributed by atoms with Gasteiger partial charge in [-0.1, -0.05) is 24.8 Å². The number of nitrogens with two attached hydrogens (primary N) is 1. The van der Waals surface area contributed by atoms with Crippen molar-refractivity contribution in [2.24, 2.45) is 11.7 Å². The van der Waals surface area contributed by atoms with E-state index < -0.39 is 12.4 Å². The molecule has 200 valence electrons. The third kappa shape index (κ3) is 7.30. The third-order valence-corrected chi connectivity index (χ3v) is 8.78. The zero-order chi connectivity index (χ0) is 26.9. The van der Waals surface area contributed by atoms with Crippen molar-refractivity contribution in [3.05, 3.63) is 95.1 Å². The van der Waals surface area contributed by atoms with E-state index >= 15 is 0 Å². The van der Waals surface area contributed by atoms with E-state index in [0.717, 1.165) is 38.8 Å². The van der Waals surface area contributed by atoms with Crippen molar-refractivity contribution < 1.29 is 9.90 Å². The summed E-state index contributed by atoms with van der Waals surface area (Å²) in [5.41, 5.74) is 9.51. The molecule has 0 radical (unpaired) electrons. The van der Waals surface area contributed by atoms with Crippen molar-refractivity contribution in [2.75, 3.05) is 13.1 Å². The number of allylic oxidation sites excluding steroid dienone is 3. The highest BCUT2D eigenvalue weighted by atomic mass is 31.1. The van der Waals surface area contributed by atoms with Gasteiger partial charge in [-0.2, -0.15) is 5.26 Å². The Morgan fingerprint density at radius 3 is 2.61 bits per heavy atom. The van der Waals surface area contributed by atoms with Gasteiger partial charge in [-0.3, -0.25) is 14.8 Å². The highest BCUT2D eigenvalue weighted by Gasteiger charge is 2.28. The van der Waals surface area contributed by atoms with E-state index in [-0.39, 0.29) is 11.7 Å². The van der Waals surface area contributed by atoms with Gasteiger partial charge in [0.25, 0.3) is 0 Å². The Bertz CT molecular complexity index is 1150. The lowest BCUT2D eigenvalue weighted by Gasteiger charge is -2.30. The molecule has 7 nitrogen and oxygen atoms in total. The molecule has 3 unspecified atom stereocenters. The second-order valence-electron chi connectivity index (χ2n) is 10.1.